The van der Waals surface area contributed by atoms with E-state index in [0.29, 0.717) is 18.4 Å². The lowest BCUT2D eigenvalue weighted by atomic mass is 9.84. The lowest BCUT2D eigenvalue weighted by Crippen LogP contribution is -2.61. The first-order valence-corrected chi connectivity index (χ1v) is 34.0. The minimum absolute atomic E-state index is 0.0250. The number of aromatic carboxylic acids is 1. The summed E-state index contributed by atoms with van der Waals surface area (Å²) in [6.45, 7) is 28.4. The van der Waals surface area contributed by atoms with Crippen molar-refractivity contribution < 1.29 is 67.7 Å². The molecule has 13 atom stereocenters. The number of carboxylic acid groups (broad SMARTS) is 1. The van der Waals surface area contributed by atoms with Crippen LogP contribution >= 0.6 is 0 Å². The van der Waals surface area contributed by atoms with E-state index in [1.807, 2.05) is 54.5 Å². The molecule has 1 aliphatic heterocycles. The molecule has 530 valence electrons. The molecule has 22 heteroatoms. The van der Waals surface area contributed by atoms with Gasteiger partial charge in [0.05, 0.1) is 23.8 Å². The number of ketones is 3. The molecule has 0 saturated carbocycles. The highest BCUT2D eigenvalue weighted by Crippen LogP contribution is 2.30. The van der Waals surface area contributed by atoms with Crippen molar-refractivity contribution in [3.05, 3.63) is 47.5 Å². The first kappa shape index (κ1) is 83.3. The Morgan fingerprint density at radius 1 is 0.532 bits per heavy atom. The van der Waals surface area contributed by atoms with Crippen LogP contribution in [-0.4, -0.2) is 219 Å². The Kier molecular flexibility index (Phi) is 33.7. The number of nitrogens with zero attached hydrogens (tertiary/aromatic N) is 7. The number of allylic oxidation sites excluding steroid dienone is 2. The maximum absolute atomic E-state index is 15.5. The molecule has 8 amide bonds. The fourth-order valence-corrected chi connectivity index (χ4v) is 12.8. The van der Waals surface area contributed by atoms with Gasteiger partial charge in [-0.2, -0.15) is 0 Å². The van der Waals surface area contributed by atoms with Gasteiger partial charge in [0.1, 0.15) is 36.3 Å². The Bertz CT molecular complexity index is 2800. The molecule has 1 heterocycles. The Labute approximate surface area is 561 Å². The number of Topliss-reactive ketones (excluding diaryl/α,β-unsaturated/α-hetero) is 3. The average Bonchev–Trinajstić information content (AvgIpc) is 0.812. The Balaban J connectivity index is 3.15. The monoisotopic (exact) mass is 1320 g/mol. The van der Waals surface area contributed by atoms with E-state index >= 15 is 28.8 Å². The number of likely N-dealkylation sites (N-methyl/N-ethyl adjacent to an activating group) is 7. The number of nitrogens with one attached hydrogen (secondary N) is 1. The van der Waals surface area contributed by atoms with Gasteiger partial charge in [-0.1, -0.05) is 128 Å². The van der Waals surface area contributed by atoms with Crippen molar-refractivity contribution in [2.75, 3.05) is 49.3 Å². The molecule has 1 unspecified atom stereocenters. The predicted molar refractivity (Wildman–Crippen MR) is 363 cm³/mol. The zero-order valence-corrected chi connectivity index (χ0v) is 61.1. The van der Waals surface area contributed by atoms with Crippen LogP contribution in [0.25, 0.3) is 0 Å². The van der Waals surface area contributed by atoms with Gasteiger partial charge in [-0.15, -0.1) is 0 Å². The minimum Gasteiger partial charge on any atom is -0.478 e. The molecule has 0 radical (unpaired) electrons. The molecule has 1 aliphatic rings. The van der Waals surface area contributed by atoms with Crippen LogP contribution in [0, 0.1) is 53.3 Å². The zero-order valence-electron chi connectivity index (χ0n) is 61.1. The largest absolute Gasteiger partial charge is 0.478 e. The van der Waals surface area contributed by atoms with Crippen molar-refractivity contribution in [1.82, 2.24) is 39.6 Å². The van der Waals surface area contributed by atoms with Crippen LogP contribution in [0.4, 0.5) is 0 Å². The van der Waals surface area contributed by atoms with E-state index in [2.05, 4.69) is 5.32 Å². The summed E-state index contributed by atoms with van der Waals surface area (Å²) in [6, 6.07) is -4.05. The van der Waals surface area contributed by atoms with Crippen molar-refractivity contribution in [3.63, 3.8) is 0 Å². The van der Waals surface area contributed by atoms with E-state index in [0.717, 1.165) is 4.90 Å². The van der Waals surface area contributed by atoms with Crippen molar-refractivity contribution in [2.24, 2.45) is 53.3 Å². The fourth-order valence-electron chi connectivity index (χ4n) is 12.8. The third-order valence-electron chi connectivity index (χ3n) is 18.9. The maximum atomic E-state index is 15.5. The molecule has 1 aromatic carbocycles. The summed E-state index contributed by atoms with van der Waals surface area (Å²) < 4.78 is 0. The van der Waals surface area contributed by atoms with E-state index in [9.17, 15) is 39.0 Å². The van der Waals surface area contributed by atoms with E-state index < -0.39 is 167 Å². The molecule has 22 nitrogen and oxygen atoms in total. The molecule has 1 fully saturated rings. The van der Waals surface area contributed by atoms with Gasteiger partial charge in [-0.05, 0) is 106 Å². The number of amides is 8. The second-order valence-corrected chi connectivity index (χ2v) is 28.6. The number of aliphatic hydroxyl groups excluding tert-OH is 1. The van der Waals surface area contributed by atoms with Crippen molar-refractivity contribution in [2.45, 2.75) is 236 Å². The Morgan fingerprint density at radius 2 is 0.979 bits per heavy atom. The van der Waals surface area contributed by atoms with Crippen molar-refractivity contribution in [1.29, 1.82) is 0 Å². The van der Waals surface area contributed by atoms with Gasteiger partial charge < -0.3 is 49.8 Å². The van der Waals surface area contributed by atoms with Crippen LogP contribution in [0.2, 0.25) is 0 Å². The smallest absolute Gasteiger partial charge is 0.335 e. The van der Waals surface area contributed by atoms with Crippen LogP contribution in [0.3, 0.4) is 0 Å². The van der Waals surface area contributed by atoms with Gasteiger partial charge >= 0.3 is 5.97 Å². The Hall–Kier alpha value is -6.84. The second-order valence-electron chi connectivity index (χ2n) is 28.6. The lowest BCUT2D eigenvalue weighted by Gasteiger charge is -2.41. The summed E-state index contributed by atoms with van der Waals surface area (Å²) in [5, 5.41) is 24.8. The molecule has 0 aliphatic carbocycles. The number of benzene rings is 1. The summed E-state index contributed by atoms with van der Waals surface area (Å²) in [4.78, 5) is 185. The molecular formula is C72H118N8O14. The predicted octanol–water partition coefficient (Wildman–Crippen LogP) is 7.60. The normalized spacial score (nSPS) is 26.4. The molecule has 1 saturated heterocycles. The van der Waals surface area contributed by atoms with Crippen molar-refractivity contribution >= 4 is 70.6 Å². The van der Waals surface area contributed by atoms with Crippen LogP contribution < -0.4 is 5.32 Å². The van der Waals surface area contributed by atoms with Crippen LogP contribution in [-0.2, 0) is 59.2 Å². The number of carboxylic acids is 1. The molecule has 0 aromatic heterocycles. The van der Waals surface area contributed by atoms with Gasteiger partial charge in [0.15, 0.2) is 17.3 Å². The van der Waals surface area contributed by atoms with E-state index in [1.54, 1.807) is 61.5 Å². The average molecular weight is 1320 g/mol. The molecule has 2 rings (SSSR count). The number of carbonyl (C=O) groups excluding carboxylic acids is 11. The molecule has 0 spiro atoms. The van der Waals surface area contributed by atoms with E-state index in [4.69, 9.17) is 0 Å². The number of hydrogen-bond acceptors (Lipinski definition) is 13. The van der Waals surface area contributed by atoms with Crippen LogP contribution in [0.5, 0.6) is 0 Å². The second kappa shape index (κ2) is 38.0. The number of rotatable bonds is 18. The highest BCUT2D eigenvalue weighted by atomic mass is 16.4. The summed E-state index contributed by atoms with van der Waals surface area (Å²) in [5.74, 6) is -13.0. The van der Waals surface area contributed by atoms with Gasteiger partial charge in [-0.25, -0.2) is 4.79 Å². The lowest BCUT2D eigenvalue weighted by molar-refractivity contribution is -0.157. The summed E-state index contributed by atoms with van der Waals surface area (Å²) in [5.41, 5.74) is 0.441. The third kappa shape index (κ3) is 22.4. The Morgan fingerprint density at radius 3 is 1.45 bits per heavy atom. The highest BCUT2D eigenvalue weighted by Gasteiger charge is 2.46. The quantitative estimate of drug-likeness (QED) is 0.119. The molecule has 0 bridgehead atoms. The van der Waals surface area contributed by atoms with Gasteiger partial charge in [0, 0.05) is 92.8 Å². The fraction of sp³-hybridized carbons (Fsp3) is 0.722. The minimum atomic E-state index is -1.57. The standard InChI is InChI=1S/C72H118N8O14/c1-24-27-29-46(14)63(84)62-60(83)39-50(26-3)66(87)77(20)57(38-49-30-32-51(33-31-49)72(93)94)69(90)76(19)55(35-42(6)7)59(82)40-52(44(10)11)67(88)75(18)54(34-41(4)5)58(81)37-47(15)64(85)73-48(16)65(86)74(17)53(28-25-2)68(89)78(21)56(36-43(8)9)70(91)79(22)61(45(12)13)71(92)80(62)23/h24,27,30-33,41-48,50,52-57,61-63,84H,25-26,28-29,34-40H2,1-23H3,(H,73,85)(H,93,94)/b27-24+/t46-,47-,48-,50-,52+,53+,54+,55+,56+,57?,61+,62-,63-/m1/s1. The SMILES string of the molecule is C/C=C/C[C@@H](C)[C@@H](O)[C@H]1C(=O)C[C@@H](CC)C(=O)N(C)C(Cc2ccc(C(=O)O)cc2)C(=O)N(C)[C@@H](CC(C)C)C(=O)C[C@@H](C(C)C)C(=O)N(C)[C@@H](CC(C)C)C(=O)C[C@@H](C)C(=O)N[C@H](C)C(=O)N(C)[C@@H](CCC)C(=O)N(C)[C@@H](CC(C)C)C(=O)N(C)[C@@H](C(C)C)C(=O)N1C. The summed E-state index contributed by atoms with van der Waals surface area (Å²) >= 11 is 0. The number of hydrogen-bond donors (Lipinski definition) is 3. The number of aliphatic hydroxyl groups is 1. The molecule has 3 N–H and O–H groups in total. The van der Waals surface area contributed by atoms with E-state index in [1.165, 1.54) is 110 Å². The van der Waals surface area contributed by atoms with Gasteiger partial charge in [-0.3, -0.25) is 52.7 Å². The summed E-state index contributed by atoms with van der Waals surface area (Å²) in [6.07, 6.45) is 2.23. The van der Waals surface area contributed by atoms with E-state index in [-0.39, 0.29) is 74.7 Å². The zero-order chi connectivity index (χ0) is 72.2. The van der Waals surface area contributed by atoms with Crippen LogP contribution in [0.1, 0.15) is 191 Å². The topological polar surface area (TPSA) is 280 Å². The van der Waals surface area contributed by atoms with Gasteiger partial charge in [0.25, 0.3) is 0 Å². The van der Waals surface area contributed by atoms with Gasteiger partial charge in [0.2, 0.25) is 47.3 Å². The molecule has 1 aromatic rings. The first-order valence-electron chi connectivity index (χ1n) is 34.0. The highest BCUT2D eigenvalue weighted by molar-refractivity contribution is 6.00. The maximum Gasteiger partial charge on any atom is 0.335 e. The summed E-state index contributed by atoms with van der Waals surface area (Å²) in [7, 11) is 10.1. The first-order chi connectivity index (χ1) is 43.6. The van der Waals surface area contributed by atoms with Crippen LogP contribution in [0.15, 0.2) is 36.4 Å². The number of carbonyl (C=O) groups is 12. The third-order valence-corrected chi connectivity index (χ3v) is 18.9. The molecular weight excluding hydrogens is 1200 g/mol. The molecule has 94 heavy (non-hydrogen) atoms. The van der Waals surface area contributed by atoms with Crippen molar-refractivity contribution in [3.8, 4) is 0 Å².